The number of rotatable bonds is 2. The van der Waals surface area contributed by atoms with Crippen LogP contribution in [0.5, 0.6) is 0 Å². The molecule has 0 saturated heterocycles. The fourth-order valence-electron chi connectivity index (χ4n) is 1.37. The van der Waals surface area contributed by atoms with Crippen molar-refractivity contribution in [3.63, 3.8) is 0 Å². The van der Waals surface area contributed by atoms with Crippen LogP contribution in [-0.4, -0.2) is 6.26 Å². The van der Waals surface area contributed by atoms with E-state index in [2.05, 4.69) is 0 Å². The molecule has 0 aliphatic heterocycles. The molecule has 0 saturated carbocycles. The molecule has 0 aliphatic rings. The molecule has 3 heteroatoms. The molecule has 0 spiro atoms. The van der Waals surface area contributed by atoms with Gasteiger partial charge in [-0.05, 0) is 29.3 Å². The molecule has 0 fully saturated rings. The molecule has 2 rings (SSSR count). The predicted molar refractivity (Wildman–Crippen MR) is 59.0 cm³/mol. The number of fused-ring (bicyclic) bond motifs is 1. The molecule has 0 radical (unpaired) electrons. The lowest BCUT2D eigenvalue weighted by atomic mass is 10.2. The SMILES string of the molecule is CSCc1csc2cccc(F)c12. The topological polar surface area (TPSA) is 0 Å². The van der Waals surface area contributed by atoms with Gasteiger partial charge in [-0.2, -0.15) is 11.8 Å². The largest absolute Gasteiger partial charge is 0.206 e. The molecule has 0 nitrogen and oxygen atoms in total. The highest BCUT2D eigenvalue weighted by Crippen LogP contribution is 2.30. The quantitative estimate of drug-likeness (QED) is 0.727. The summed E-state index contributed by atoms with van der Waals surface area (Å²) in [4.78, 5) is 0. The van der Waals surface area contributed by atoms with Crippen LogP contribution in [0.2, 0.25) is 0 Å². The third-order valence-corrected chi connectivity index (χ3v) is 3.52. The number of halogens is 1. The second-order valence-electron chi connectivity index (χ2n) is 2.81. The maximum Gasteiger partial charge on any atom is 0.132 e. The summed E-state index contributed by atoms with van der Waals surface area (Å²) in [6.07, 6.45) is 2.03. The summed E-state index contributed by atoms with van der Waals surface area (Å²) in [6.45, 7) is 0. The van der Waals surface area contributed by atoms with Crippen molar-refractivity contribution in [2.45, 2.75) is 5.75 Å². The van der Waals surface area contributed by atoms with E-state index in [1.807, 2.05) is 17.7 Å². The first-order chi connectivity index (χ1) is 6.33. The monoisotopic (exact) mass is 212 g/mol. The van der Waals surface area contributed by atoms with Crippen molar-refractivity contribution in [3.8, 4) is 0 Å². The van der Waals surface area contributed by atoms with Gasteiger partial charge < -0.3 is 0 Å². The van der Waals surface area contributed by atoms with Gasteiger partial charge in [0, 0.05) is 15.8 Å². The Morgan fingerprint density at radius 1 is 1.46 bits per heavy atom. The fraction of sp³-hybridized carbons (Fsp3) is 0.200. The Hall–Kier alpha value is -0.540. The lowest BCUT2D eigenvalue weighted by Gasteiger charge is -1.96. The number of thioether (sulfide) groups is 1. The molecule has 1 aromatic carbocycles. The molecule has 0 atom stereocenters. The van der Waals surface area contributed by atoms with E-state index in [-0.39, 0.29) is 5.82 Å². The van der Waals surface area contributed by atoms with Crippen LogP contribution in [0.3, 0.4) is 0 Å². The third kappa shape index (κ3) is 1.58. The van der Waals surface area contributed by atoms with E-state index in [1.54, 1.807) is 29.2 Å². The maximum atomic E-state index is 13.4. The summed E-state index contributed by atoms with van der Waals surface area (Å²) >= 11 is 3.34. The Kier molecular flexibility index (Phi) is 2.56. The van der Waals surface area contributed by atoms with Gasteiger partial charge in [0.05, 0.1) is 0 Å². The van der Waals surface area contributed by atoms with E-state index in [0.29, 0.717) is 0 Å². The van der Waals surface area contributed by atoms with Gasteiger partial charge in [0.15, 0.2) is 0 Å². The molecule has 0 aliphatic carbocycles. The van der Waals surface area contributed by atoms with Gasteiger partial charge in [0.25, 0.3) is 0 Å². The van der Waals surface area contributed by atoms with E-state index >= 15 is 0 Å². The average Bonchev–Trinajstić information content (AvgIpc) is 2.51. The van der Waals surface area contributed by atoms with Gasteiger partial charge in [-0.15, -0.1) is 11.3 Å². The molecular weight excluding hydrogens is 203 g/mol. The van der Waals surface area contributed by atoms with Crippen molar-refractivity contribution in [1.29, 1.82) is 0 Å². The van der Waals surface area contributed by atoms with Crippen molar-refractivity contribution >= 4 is 33.2 Å². The lowest BCUT2D eigenvalue weighted by Crippen LogP contribution is -1.80. The standard InChI is InChI=1S/C10H9FS2/c1-12-5-7-6-13-9-4-2-3-8(11)10(7)9/h2-4,6H,5H2,1H3. The van der Waals surface area contributed by atoms with Crippen molar-refractivity contribution in [3.05, 3.63) is 35.0 Å². The minimum atomic E-state index is -0.0946. The minimum absolute atomic E-state index is 0.0946. The summed E-state index contributed by atoms with van der Waals surface area (Å²) in [7, 11) is 0. The predicted octanol–water partition coefficient (Wildman–Crippen LogP) is 3.90. The molecule has 0 unspecified atom stereocenters. The van der Waals surface area contributed by atoms with Crippen molar-refractivity contribution in [2.24, 2.45) is 0 Å². The second kappa shape index (κ2) is 3.68. The number of hydrogen-bond acceptors (Lipinski definition) is 2. The van der Waals surface area contributed by atoms with Gasteiger partial charge >= 0.3 is 0 Å². The van der Waals surface area contributed by atoms with Gasteiger partial charge in [-0.1, -0.05) is 6.07 Å². The van der Waals surface area contributed by atoms with Crippen LogP contribution in [0.25, 0.3) is 10.1 Å². The molecule has 0 bridgehead atoms. The molecular formula is C10H9FS2. The van der Waals surface area contributed by atoms with Crippen LogP contribution in [0.1, 0.15) is 5.56 Å². The zero-order chi connectivity index (χ0) is 9.26. The smallest absolute Gasteiger partial charge is 0.132 e. The van der Waals surface area contributed by atoms with Crippen LogP contribution in [-0.2, 0) is 5.75 Å². The van der Waals surface area contributed by atoms with E-state index in [1.165, 1.54) is 6.07 Å². The first-order valence-electron chi connectivity index (χ1n) is 3.96. The van der Waals surface area contributed by atoms with Crippen LogP contribution >= 0.6 is 23.1 Å². The van der Waals surface area contributed by atoms with E-state index in [4.69, 9.17) is 0 Å². The Morgan fingerprint density at radius 2 is 2.31 bits per heavy atom. The highest BCUT2D eigenvalue weighted by molar-refractivity contribution is 7.97. The lowest BCUT2D eigenvalue weighted by molar-refractivity contribution is 0.639. The maximum absolute atomic E-state index is 13.4. The number of hydrogen-bond donors (Lipinski definition) is 0. The first-order valence-corrected chi connectivity index (χ1v) is 6.24. The normalized spacial score (nSPS) is 10.9. The van der Waals surface area contributed by atoms with E-state index in [9.17, 15) is 4.39 Å². The minimum Gasteiger partial charge on any atom is -0.206 e. The Bertz CT molecular complexity index is 420. The molecule has 68 valence electrons. The highest BCUT2D eigenvalue weighted by Gasteiger charge is 2.07. The van der Waals surface area contributed by atoms with Crippen LogP contribution in [0.4, 0.5) is 4.39 Å². The van der Waals surface area contributed by atoms with Gasteiger partial charge in [-0.25, -0.2) is 4.39 Å². The fourth-order valence-corrected chi connectivity index (χ4v) is 2.99. The van der Waals surface area contributed by atoms with E-state index < -0.39 is 0 Å². The molecule has 13 heavy (non-hydrogen) atoms. The van der Waals surface area contributed by atoms with Crippen LogP contribution < -0.4 is 0 Å². The van der Waals surface area contributed by atoms with Crippen LogP contribution in [0, 0.1) is 5.82 Å². The second-order valence-corrected chi connectivity index (χ2v) is 4.58. The number of thiophene rings is 1. The highest BCUT2D eigenvalue weighted by atomic mass is 32.2. The molecule has 0 amide bonds. The third-order valence-electron chi connectivity index (χ3n) is 1.92. The molecule has 1 aromatic heterocycles. The number of benzene rings is 1. The Morgan fingerprint density at radius 3 is 3.08 bits per heavy atom. The zero-order valence-corrected chi connectivity index (χ0v) is 8.84. The summed E-state index contributed by atoms with van der Waals surface area (Å²) in [5, 5.41) is 2.85. The Balaban J connectivity index is 2.64. The molecule has 0 N–H and O–H groups in total. The van der Waals surface area contributed by atoms with Crippen LogP contribution in [0.15, 0.2) is 23.6 Å². The zero-order valence-electron chi connectivity index (χ0n) is 7.21. The molecule has 1 heterocycles. The summed E-state index contributed by atoms with van der Waals surface area (Å²) in [5.41, 5.74) is 1.12. The van der Waals surface area contributed by atoms with Gasteiger partial charge in [0.2, 0.25) is 0 Å². The Labute approximate surface area is 84.8 Å². The van der Waals surface area contributed by atoms with Gasteiger partial charge in [0.1, 0.15) is 5.82 Å². The molecule has 2 aromatic rings. The van der Waals surface area contributed by atoms with Crippen molar-refractivity contribution in [1.82, 2.24) is 0 Å². The summed E-state index contributed by atoms with van der Waals surface area (Å²) in [6, 6.07) is 5.25. The van der Waals surface area contributed by atoms with Crippen molar-refractivity contribution < 1.29 is 4.39 Å². The van der Waals surface area contributed by atoms with Crippen molar-refractivity contribution in [2.75, 3.05) is 6.26 Å². The average molecular weight is 212 g/mol. The first kappa shape index (κ1) is 9.03. The van der Waals surface area contributed by atoms with E-state index in [0.717, 1.165) is 21.4 Å². The summed E-state index contributed by atoms with van der Waals surface area (Å²) < 4.78 is 14.4. The van der Waals surface area contributed by atoms with Gasteiger partial charge in [-0.3, -0.25) is 0 Å². The summed E-state index contributed by atoms with van der Waals surface area (Å²) in [5.74, 6) is 0.795.